The van der Waals surface area contributed by atoms with Gasteiger partial charge in [0.25, 0.3) is 0 Å². The summed E-state index contributed by atoms with van der Waals surface area (Å²) in [5, 5.41) is 2.83. The standard InChI is InChI=1S/C18H14N2O2/c21-18(10-9-14-5-2-1-3-6-14)20-16-8-4-7-15(11-16)17-12-19-13-22-17/h1-13H,(H,20,21)/b10-9+. The average Bonchev–Trinajstić information content (AvgIpc) is 3.09. The summed E-state index contributed by atoms with van der Waals surface area (Å²) < 4.78 is 5.25. The van der Waals surface area contributed by atoms with Crippen LogP contribution in [-0.2, 0) is 4.79 Å². The van der Waals surface area contributed by atoms with Crippen molar-refractivity contribution in [1.82, 2.24) is 4.98 Å². The molecule has 3 aromatic rings. The van der Waals surface area contributed by atoms with Crippen molar-refractivity contribution >= 4 is 17.7 Å². The van der Waals surface area contributed by atoms with Gasteiger partial charge in [-0.1, -0.05) is 42.5 Å². The monoisotopic (exact) mass is 290 g/mol. The summed E-state index contributed by atoms with van der Waals surface area (Å²) in [5.74, 6) is 0.481. The summed E-state index contributed by atoms with van der Waals surface area (Å²) >= 11 is 0. The zero-order valence-electron chi connectivity index (χ0n) is 11.8. The van der Waals surface area contributed by atoms with Gasteiger partial charge in [0.1, 0.15) is 0 Å². The van der Waals surface area contributed by atoms with Gasteiger partial charge in [-0.05, 0) is 23.8 Å². The molecule has 0 saturated carbocycles. The summed E-state index contributed by atoms with van der Waals surface area (Å²) in [6, 6.07) is 17.1. The highest BCUT2D eigenvalue weighted by Crippen LogP contribution is 2.22. The quantitative estimate of drug-likeness (QED) is 0.739. The molecule has 0 bridgehead atoms. The first kappa shape index (κ1) is 13.8. The molecule has 0 spiro atoms. The number of hydrogen-bond acceptors (Lipinski definition) is 3. The fourth-order valence-corrected chi connectivity index (χ4v) is 2.03. The van der Waals surface area contributed by atoms with E-state index in [1.807, 2.05) is 54.6 Å². The molecule has 0 fully saturated rings. The number of carbonyl (C=O) groups is 1. The van der Waals surface area contributed by atoms with E-state index in [4.69, 9.17) is 4.42 Å². The molecule has 0 saturated heterocycles. The lowest BCUT2D eigenvalue weighted by molar-refractivity contribution is -0.111. The topological polar surface area (TPSA) is 55.1 Å². The molecular weight excluding hydrogens is 276 g/mol. The van der Waals surface area contributed by atoms with Gasteiger partial charge in [0, 0.05) is 17.3 Å². The summed E-state index contributed by atoms with van der Waals surface area (Å²) in [6.45, 7) is 0. The van der Waals surface area contributed by atoms with Crippen molar-refractivity contribution in [2.75, 3.05) is 5.32 Å². The fraction of sp³-hybridized carbons (Fsp3) is 0. The number of nitrogens with zero attached hydrogens (tertiary/aromatic N) is 1. The lowest BCUT2D eigenvalue weighted by Gasteiger charge is -2.04. The Morgan fingerprint density at radius 3 is 2.73 bits per heavy atom. The van der Waals surface area contributed by atoms with E-state index >= 15 is 0 Å². The Morgan fingerprint density at radius 1 is 1.09 bits per heavy atom. The van der Waals surface area contributed by atoms with Gasteiger partial charge >= 0.3 is 0 Å². The van der Waals surface area contributed by atoms with E-state index in [0.29, 0.717) is 11.4 Å². The van der Waals surface area contributed by atoms with E-state index < -0.39 is 0 Å². The van der Waals surface area contributed by atoms with Crippen LogP contribution in [0.3, 0.4) is 0 Å². The fourth-order valence-electron chi connectivity index (χ4n) is 2.03. The molecule has 22 heavy (non-hydrogen) atoms. The summed E-state index contributed by atoms with van der Waals surface area (Å²) in [7, 11) is 0. The molecule has 1 aromatic heterocycles. The SMILES string of the molecule is O=C(/C=C/c1ccccc1)Nc1cccc(-c2cnco2)c1. The van der Waals surface area contributed by atoms with E-state index in [2.05, 4.69) is 10.3 Å². The van der Waals surface area contributed by atoms with Crippen molar-refractivity contribution in [3.05, 3.63) is 78.8 Å². The molecule has 0 atom stereocenters. The predicted octanol–water partition coefficient (Wildman–Crippen LogP) is 3.99. The number of rotatable bonds is 4. The van der Waals surface area contributed by atoms with Gasteiger partial charge < -0.3 is 9.73 Å². The largest absolute Gasteiger partial charge is 0.444 e. The van der Waals surface area contributed by atoms with Crippen molar-refractivity contribution in [2.24, 2.45) is 0 Å². The zero-order chi connectivity index (χ0) is 15.2. The van der Waals surface area contributed by atoms with Crippen LogP contribution < -0.4 is 5.32 Å². The number of oxazole rings is 1. The maximum absolute atomic E-state index is 11.9. The minimum absolute atomic E-state index is 0.182. The Balaban J connectivity index is 1.69. The molecule has 2 aromatic carbocycles. The summed E-state index contributed by atoms with van der Waals surface area (Å²) in [5.41, 5.74) is 2.55. The minimum atomic E-state index is -0.182. The Kier molecular flexibility index (Phi) is 4.11. The molecule has 108 valence electrons. The number of nitrogens with one attached hydrogen (secondary N) is 1. The van der Waals surface area contributed by atoms with E-state index in [1.165, 1.54) is 12.5 Å². The van der Waals surface area contributed by atoms with Crippen LogP contribution in [0, 0.1) is 0 Å². The first-order chi connectivity index (χ1) is 10.8. The van der Waals surface area contributed by atoms with Crippen LogP contribution in [0.4, 0.5) is 5.69 Å². The van der Waals surface area contributed by atoms with Crippen molar-refractivity contribution in [3.8, 4) is 11.3 Å². The van der Waals surface area contributed by atoms with Gasteiger partial charge in [0.15, 0.2) is 12.2 Å². The lowest BCUT2D eigenvalue weighted by atomic mass is 10.1. The van der Waals surface area contributed by atoms with E-state index in [1.54, 1.807) is 12.3 Å². The molecule has 1 heterocycles. The zero-order valence-corrected chi connectivity index (χ0v) is 11.8. The van der Waals surface area contributed by atoms with Gasteiger partial charge in [0.05, 0.1) is 6.20 Å². The maximum atomic E-state index is 11.9. The van der Waals surface area contributed by atoms with Crippen LogP contribution in [0.5, 0.6) is 0 Å². The number of aromatic nitrogens is 1. The number of anilines is 1. The van der Waals surface area contributed by atoms with Gasteiger partial charge in [-0.3, -0.25) is 4.79 Å². The smallest absolute Gasteiger partial charge is 0.248 e. The Hall–Kier alpha value is -3.14. The molecule has 0 unspecified atom stereocenters. The van der Waals surface area contributed by atoms with E-state index in [9.17, 15) is 4.79 Å². The van der Waals surface area contributed by atoms with Crippen LogP contribution in [-0.4, -0.2) is 10.9 Å². The van der Waals surface area contributed by atoms with Crippen molar-refractivity contribution in [1.29, 1.82) is 0 Å². The minimum Gasteiger partial charge on any atom is -0.444 e. The first-order valence-electron chi connectivity index (χ1n) is 6.84. The van der Waals surface area contributed by atoms with Gasteiger partial charge in [-0.2, -0.15) is 0 Å². The molecule has 0 radical (unpaired) electrons. The van der Waals surface area contributed by atoms with Crippen LogP contribution in [0.15, 0.2) is 77.7 Å². The molecule has 0 aliphatic heterocycles. The molecule has 1 amide bonds. The second-order valence-corrected chi connectivity index (χ2v) is 4.68. The Morgan fingerprint density at radius 2 is 1.95 bits per heavy atom. The van der Waals surface area contributed by atoms with Crippen LogP contribution in [0.25, 0.3) is 17.4 Å². The van der Waals surface area contributed by atoms with Crippen molar-refractivity contribution < 1.29 is 9.21 Å². The molecule has 3 rings (SSSR count). The van der Waals surface area contributed by atoms with Gasteiger partial charge in [-0.25, -0.2) is 4.98 Å². The third-order valence-corrected chi connectivity index (χ3v) is 3.07. The van der Waals surface area contributed by atoms with Gasteiger partial charge in [0.2, 0.25) is 5.91 Å². The lowest BCUT2D eigenvalue weighted by Crippen LogP contribution is -2.07. The maximum Gasteiger partial charge on any atom is 0.248 e. The highest BCUT2D eigenvalue weighted by atomic mass is 16.3. The Bertz CT molecular complexity index is 778. The van der Waals surface area contributed by atoms with Gasteiger partial charge in [-0.15, -0.1) is 0 Å². The van der Waals surface area contributed by atoms with Crippen LogP contribution in [0.2, 0.25) is 0 Å². The third kappa shape index (κ3) is 3.49. The highest BCUT2D eigenvalue weighted by Gasteiger charge is 2.03. The third-order valence-electron chi connectivity index (χ3n) is 3.07. The van der Waals surface area contributed by atoms with Crippen LogP contribution in [0.1, 0.15) is 5.56 Å². The molecule has 0 aliphatic rings. The normalized spacial score (nSPS) is 10.7. The van der Waals surface area contributed by atoms with E-state index in [0.717, 1.165) is 11.1 Å². The molecule has 4 heteroatoms. The number of hydrogen-bond donors (Lipinski definition) is 1. The molecule has 0 aliphatic carbocycles. The summed E-state index contributed by atoms with van der Waals surface area (Å²) in [6.07, 6.45) is 6.30. The number of carbonyl (C=O) groups excluding carboxylic acids is 1. The second-order valence-electron chi connectivity index (χ2n) is 4.68. The van der Waals surface area contributed by atoms with Crippen molar-refractivity contribution in [3.63, 3.8) is 0 Å². The second kappa shape index (κ2) is 6.54. The highest BCUT2D eigenvalue weighted by molar-refractivity contribution is 6.02. The molecule has 4 nitrogen and oxygen atoms in total. The van der Waals surface area contributed by atoms with Crippen molar-refractivity contribution in [2.45, 2.75) is 0 Å². The molecular formula is C18H14N2O2. The first-order valence-corrected chi connectivity index (χ1v) is 6.84. The Labute approximate surface area is 128 Å². The van der Waals surface area contributed by atoms with E-state index in [-0.39, 0.29) is 5.91 Å². The average molecular weight is 290 g/mol. The predicted molar refractivity (Wildman–Crippen MR) is 86.0 cm³/mol. The van der Waals surface area contributed by atoms with Crippen LogP contribution >= 0.6 is 0 Å². The molecule has 1 N–H and O–H groups in total. The summed E-state index contributed by atoms with van der Waals surface area (Å²) in [4.78, 5) is 15.8. The number of benzene rings is 2. The number of amides is 1.